The molecule has 3 N–H and O–H groups in total. The lowest BCUT2D eigenvalue weighted by molar-refractivity contribution is -0.591. The Morgan fingerprint density at radius 3 is 2.09 bits per heavy atom. The van der Waals surface area contributed by atoms with Crippen LogP contribution in [0.4, 0.5) is 17.1 Å². The normalized spacial score (nSPS) is 14.7. The first-order valence-electron chi connectivity index (χ1n) is 10.0. The fourth-order valence-electron chi connectivity index (χ4n) is 3.26. The minimum atomic E-state index is -0.426. The van der Waals surface area contributed by atoms with Crippen molar-refractivity contribution in [3.05, 3.63) is 90.3 Å². The zero-order chi connectivity index (χ0) is 22.5. The van der Waals surface area contributed by atoms with Gasteiger partial charge >= 0.3 is 17.5 Å². The zero-order valence-corrected chi connectivity index (χ0v) is 20.0. The fraction of sp³-hybridized carbons (Fsp3) is 0.0833. The first kappa shape index (κ1) is 26.5. The summed E-state index contributed by atoms with van der Waals surface area (Å²) in [5.41, 5.74) is 7.15. The molecule has 8 nitrogen and oxygen atoms in total. The van der Waals surface area contributed by atoms with E-state index < -0.39 is 5.91 Å². The van der Waals surface area contributed by atoms with Gasteiger partial charge in [0.15, 0.2) is 18.1 Å². The Kier molecular flexibility index (Phi) is 9.32. The number of aryl methyl sites for hydroxylation is 1. The Morgan fingerprint density at radius 2 is 1.44 bits per heavy atom. The molecule has 1 aliphatic rings. The molecule has 0 atom stereocenters. The molecule has 2 aromatic carbocycles. The van der Waals surface area contributed by atoms with Crippen LogP contribution in [0.1, 0.15) is 12.5 Å². The summed E-state index contributed by atoms with van der Waals surface area (Å²) in [6.45, 7) is 3.66. The topological polar surface area (TPSA) is 104 Å². The Balaban J connectivity index is 0.00000204. The van der Waals surface area contributed by atoms with Gasteiger partial charge in [0.05, 0.1) is 22.6 Å². The first-order valence-corrected chi connectivity index (χ1v) is 10.0. The van der Waals surface area contributed by atoms with E-state index >= 15 is 0 Å². The van der Waals surface area contributed by atoms with E-state index in [2.05, 4.69) is 20.8 Å². The molecule has 2 amide bonds. The van der Waals surface area contributed by atoms with E-state index in [0.29, 0.717) is 22.6 Å². The van der Waals surface area contributed by atoms with Gasteiger partial charge < -0.3 is 24.8 Å². The third-order valence-corrected chi connectivity index (χ3v) is 4.85. The summed E-state index contributed by atoms with van der Waals surface area (Å²) in [5, 5.41) is 13.7. The molecule has 0 saturated carbocycles. The number of carbonyl (C=O) groups excluding carboxylic acids is 2. The Morgan fingerprint density at radius 1 is 0.794 bits per heavy atom. The summed E-state index contributed by atoms with van der Waals surface area (Å²) in [6, 6.07) is 20.4. The van der Waals surface area contributed by atoms with Gasteiger partial charge in [-0.05, 0) is 56.3 Å². The van der Waals surface area contributed by atoms with Crippen molar-refractivity contribution in [2.24, 2.45) is 15.3 Å². The third kappa shape index (κ3) is 6.20. The SMILES string of the molecule is CC1=C([n+]2cccc(C)c2)C(=O)[NH2+]C(=O)/C1=N\Nc1ccc(N=Nc2ccccc2)cc1.[Cl-].[Cl-]. The smallest absolute Gasteiger partial charge is 0.415 e. The molecule has 1 aromatic heterocycles. The number of anilines is 1. The molecule has 0 radical (unpaired) electrons. The maximum absolute atomic E-state index is 12.5. The number of halogens is 2. The molecular weight excluding hydrogens is 475 g/mol. The lowest BCUT2D eigenvalue weighted by atomic mass is 10.0. The highest BCUT2D eigenvalue weighted by molar-refractivity contribution is 6.47. The Labute approximate surface area is 209 Å². The van der Waals surface area contributed by atoms with Gasteiger partial charge in [0.2, 0.25) is 0 Å². The number of hydrogen-bond acceptors (Lipinski definition) is 6. The van der Waals surface area contributed by atoms with Gasteiger partial charge in [0.25, 0.3) is 0 Å². The molecule has 4 rings (SSSR count). The predicted molar refractivity (Wildman–Crippen MR) is 120 cm³/mol. The summed E-state index contributed by atoms with van der Waals surface area (Å²) < 4.78 is 1.72. The lowest BCUT2D eigenvalue weighted by Gasteiger charge is -2.11. The van der Waals surface area contributed by atoms with E-state index in [0.717, 1.165) is 16.6 Å². The number of benzene rings is 2. The summed E-state index contributed by atoms with van der Waals surface area (Å²) in [5.74, 6) is -0.763. The number of primary amides is 2. The molecule has 1 aliphatic heterocycles. The number of hydrogen-bond donors (Lipinski definition) is 2. The van der Waals surface area contributed by atoms with Crippen LogP contribution in [0, 0.1) is 6.92 Å². The molecule has 0 fully saturated rings. The molecule has 10 heteroatoms. The second-order valence-corrected chi connectivity index (χ2v) is 7.29. The van der Waals surface area contributed by atoms with Crippen LogP contribution in [-0.2, 0) is 9.59 Å². The van der Waals surface area contributed by atoms with Crippen molar-refractivity contribution in [3.63, 3.8) is 0 Å². The number of pyridine rings is 1. The minimum Gasteiger partial charge on any atom is -1.00 e. The fourth-order valence-corrected chi connectivity index (χ4v) is 3.26. The van der Waals surface area contributed by atoms with Crippen LogP contribution >= 0.6 is 0 Å². The number of rotatable bonds is 5. The highest BCUT2D eigenvalue weighted by Crippen LogP contribution is 2.20. The number of nitrogens with zero attached hydrogens (tertiary/aromatic N) is 4. The van der Waals surface area contributed by atoms with Crippen molar-refractivity contribution in [1.82, 2.24) is 0 Å². The zero-order valence-electron chi connectivity index (χ0n) is 18.4. The maximum atomic E-state index is 12.5. The van der Waals surface area contributed by atoms with E-state index in [-0.39, 0.29) is 36.4 Å². The predicted octanol–water partition coefficient (Wildman–Crippen LogP) is -2.96. The van der Waals surface area contributed by atoms with Gasteiger partial charge in [-0.1, -0.05) is 18.2 Å². The highest BCUT2D eigenvalue weighted by Gasteiger charge is 2.40. The number of aromatic nitrogens is 1. The van der Waals surface area contributed by atoms with Crippen LogP contribution in [0.25, 0.3) is 5.70 Å². The van der Waals surface area contributed by atoms with Gasteiger partial charge in [-0.25, -0.2) is 14.9 Å². The molecule has 0 saturated heterocycles. The summed E-state index contributed by atoms with van der Waals surface area (Å²) in [6.07, 6.45) is 3.62. The van der Waals surface area contributed by atoms with Crippen molar-refractivity contribution in [3.8, 4) is 0 Å². The van der Waals surface area contributed by atoms with Crippen molar-refractivity contribution in [1.29, 1.82) is 0 Å². The lowest BCUT2D eigenvalue weighted by Crippen LogP contribution is -3.00. The van der Waals surface area contributed by atoms with Crippen molar-refractivity contribution < 1.29 is 44.3 Å². The van der Waals surface area contributed by atoms with Crippen molar-refractivity contribution in [2.75, 3.05) is 5.43 Å². The van der Waals surface area contributed by atoms with E-state index in [1.807, 2.05) is 55.6 Å². The van der Waals surface area contributed by atoms with Gasteiger partial charge in [-0.15, -0.1) is 0 Å². The Hall–Kier alpha value is -3.72. The summed E-state index contributed by atoms with van der Waals surface area (Å²) >= 11 is 0. The van der Waals surface area contributed by atoms with Crippen LogP contribution in [0.15, 0.2) is 100 Å². The van der Waals surface area contributed by atoms with Gasteiger partial charge in [0.1, 0.15) is 0 Å². The molecular formula is C24H22Cl2N6O2. The Bertz CT molecular complexity index is 1270. The van der Waals surface area contributed by atoms with E-state index in [1.165, 1.54) is 0 Å². The summed E-state index contributed by atoms with van der Waals surface area (Å²) in [4.78, 5) is 24.9. The van der Waals surface area contributed by atoms with Crippen molar-refractivity contribution in [2.45, 2.75) is 13.8 Å². The number of amides is 2. The molecule has 0 unspecified atom stereocenters. The largest absolute Gasteiger partial charge is 1.00 e. The van der Waals surface area contributed by atoms with Gasteiger partial charge in [-0.3, -0.25) is 5.43 Å². The van der Waals surface area contributed by atoms with Crippen LogP contribution < -0.4 is 40.1 Å². The average molecular weight is 497 g/mol. The number of nitrogens with two attached hydrogens (primary N) is 1. The number of hydrazone groups is 1. The highest BCUT2D eigenvalue weighted by atomic mass is 35.5. The number of quaternary nitrogens is 1. The molecule has 174 valence electrons. The van der Waals surface area contributed by atoms with Gasteiger partial charge in [-0.2, -0.15) is 19.9 Å². The molecule has 3 aromatic rings. The van der Waals surface area contributed by atoms with Crippen LogP contribution in [0.3, 0.4) is 0 Å². The molecule has 0 bridgehead atoms. The number of azo groups is 1. The van der Waals surface area contributed by atoms with E-state index in [9.17, 15) is 9.59 Å². The average Bonchev–Trinajstić information content (AvgIpc) is 2.79. The van der Waals surface area contributed by atoms with E-state index in [4.69, 9.17) is 0 Å². The molecule has 0 spiro atoms. The summed E-state index contributed by atoms with van der Waals surface area (Å²) in [7, 11) is 0. The number of carbonyl (C=O) groups is 2. The molecule has 0 aliphatic carbocycles. The first-order chi connectivity index (χ1) is 15.5. The minimum absolute atomic E-state index is 0. The number of nitrogens with one attached hydrogen (secondary N) is 1. The van der Waals surface area contributed by atoms with Crippen LogP contribution in [0.5, 0.6) is 0 Å². The molecule has 34 heavy (non-hydrogen) atoms. The van der Waals surface area contributed by atoms with Gasteiger partial charge in [0, 0.05) is 11.6 Å². The number of imide groups is 1. The van der Waals surface area contributed by atoms with Crippen LogP contribution in [0.2, 0.25) is 0 Å². The monoisotopic (exact) mass is 496 g/mol. The van der Waals surface area contributed by atoms with Crippen molar-refractivity contribution >= 4 is 40.3 Å². The second kappa shape index (κ2) is 11.9. The van der Waals surface area contributed by atoms with Crippen LogP contribution in [-0.4, -0.2) is 17.5 Å². The second-order valence-electron chi connectivity index (χ2n) is 7.29. The standard InChI is InChI=1S/C24H20N6O2.2ClH/c1-16-7-6-14-30(15-16)22-17(2)21(23(31)25-24(22)32)29-28-20-12-10-19(11-13-20)27-26-18-8-4-3-5-9-18;;/h3-15H,1-2H3,(H-,25,26,28,31,32);2*1H. The van der Waals surface area contributed by atoms with E-state index in [1.54, 1.807) is 42.0 Å². The quantitative estimate of drug-likeness (QED) is 0.170. The third-order valence-electron chi connectivity index (χ3n) is 4.85. The molecule has 2 heterocycles. The maximum Gasteiger partial charge on any atom is 0.415 e.